The number of hydrogen-bond donors (Lipinski definition) is 1. The number of nitrogens with one attached hydrogen (secondary N) is 1. The molecule has 5 aromatic rings. The Morgan fingerprint density at radius 3 is 2.36 bits per heavy atom. The zero-order chi connectivity index (χ0) is 29.1. The molecule has 1 amide bonds. The summed E-state index contributed by atoms with van der Waals surface area (Å²) in [6.07, 6.45) is 1.56. The van der Waals surface area contributed by atoms with Gasteiger partial charge in [0.2, 0.25) is 0 Å². The molecule has 0 aliphatic carbocycles. The van der Waals surface area contributed by atoms with Gasteiger partial charge in [-0.15, -0.1) is 0 Å². The molecule has 1 atom stereocenters. The van der Waals surface area contributed by atoms with E-state index in [4.69, 9.17) is 0 Å². The lowest BCUT2D eigenvalue weighted by Gasteiger charge is -2.42. The van der Waals surface area contributed by atoms with Gasteiger partial charge in [-0.1, -0.05) is 60.7 Å². The van der Waals surface area contributed by atoms with E-state index in [-0.39, 0.29) is 22.7 Å². The van der Waals surface area contributed by atoms with Crippen LogP contribution in [0.25, 0.3) is 10.9 Å². The van der Waals surface area contributed by atoms with Crippen molar-refractivity contribution in [2.75, 3.05) is 24.4 Å². The number of benzene rings is 4. The summed E-state index contributed by atoms with van der Waals surface area (Å²) in [4.78, 5) is 22.3. The molecule has 1 saturated heterocycles. The molecule has 9 heteroatoms. The number of rotatable bonds is 7. The molecule has 0 radical (unpaired) electrons. The third-order valence-corrected chi connectivity index (χ3v) is 8.91. The van der Waals surface area contributed by atoms with Crippen molar-refractivity contribution in [3.63, 3.8) is 0 Å². The van der Waals surface area contributed by atoms with Crippen LogP contribution in [0.5, 0.6) is 0 Å². The highest BCUT2D eigenvalue weighted by Crippen LogP contribution is 2.29. The summed E-state index contributed by atoms with van der Waals surface area (Å²) < 4.78 is 42.4. The summed E-state index contributed by atoms with van der Waals surface area (Å²) >= 11 is 0. The van der Waals surface area contributed by atoms with Crippen LogP contribution < -0.4 is 4.72 Å². The van der Waals surface area contributed by atoms with Crippen LogP contribution in [0.4, 0.5) is 10.1 Å². The van der Waals surface area contributed by atoms with Crippen molar-refractivity contribution in [2.45, 2.75) is 17.5 Å². The number of aromatic nitrogens is 1. The Hall–Kier alpha value is -4.60. The van der Waals surface area contributed by atoms with Crippen LogP contribution >= 0.6 is 0 Å². The second-order valence-electron chi connectivity index (χ2n) is 10.3. The molecule has 0 unspecified atom stereocenters. The van der Waals surface area contributed by atoms with Crippen LogP contribution in [0.3, 0.4) is 0 Å². The van der Waals surface area contributed by atoms with Gasteiger partial charge in [0, 0.05) is 49.0 Å². The minimum Gasteiger partial charge on any atom is -0.329 e. The van der Waals surface area contributed by atoms with Gasteiger partial charge in [-0.3, -0.25) is 19.4 Å². The predicted octanol–water partition coefficient (Wildman–Crippen LogP) is 5.87. The van der Waals surface area contributed by atoms with Gasteiger partial charge in [-0.25, -0.2) is 12.8 Å². The van der Waals surface area contributed by atoms with Crippen LogP contribution in [-0.4, -0.2) is 48.7 Å². The molecule has 212 valence electrons. The molecule has 4 aromatic carbocycles. The van der Waals surface area contributed by atoms with E-state index in [0.717, 1.165) is 16.5 Å². The lowest BCUT2D eigenvalue weighted by Crippen LogP contribution is -2.50. The Bertz CT molecular complexity index is 1810. The van der Waals surface area contributed by atoms with Crippen LogP contribution in [0.2, 0.25) is 0 Å². The number of piperazine rings is 1. The minimum atomic E-state index is -3.91. The van der Waals surface area contributed by atoms with Crippen LogP contribution in [0.15, 0.2) is 120 Å². The highest BCUT2D eigenvalue weighted by atomic mass is 32.2. The first kappa shape index (κ1) is 27.6. The summed E-state index contributed by atoms with van der Waals surface area (Å²) in [5.74, 6) is -0.390. The minimum absolute atomic E-state index is 0.0879. The maximum absolute atomic E-state index is 13.8. The van der Waals surface area contributed by atoms with Crippen LogP contribution in [0, 0.1) is 5.82 Å². The van der Waals surface area contributed by atoms with Gasteiger partial charge in [0.05, 0.1) is 11.6 Å². The maximum atomic E-state index is 13.8. The number of anilines is 1. The van der Waals surface area contributed by atoms with Crippen molar-refractivity contribution < 1.29 is 17.6 Å². The molecule has 1 aliphatic heterocycles. The topological polar surface area (TPSA) is 82.6 Å². The summed E-state index contributed by atoms with van der Waals surface area (Å²) in [6.45, 7) is 2.47. The molecule has 2 heterocycles. The standard InChI is InChI=1S/C33H29FN4O3S/c34-28-15-11-24(12-16-28)22-37-20-21-38(30(23-37)25-6-2-1-3-7-25)33(39)27-13-17-29(18-14-27)36-42(40,41)31-10-4-8-26-9-5-19-35-32(26)31/h1-19,30,36H,20-23H2/t30-/m1/s1. The number of amides is 1. The molecule has 1 aliphatic rings. The Labute approximate surface area is 244 Å². The van der Waals surface area contributed by atoms with Crippen LogP contribution in [0.1, 0.15) is 27.5 Å². The van der Waals surface area contributed by atoms with Gasteiger partial charge < -0.3 is 4.90 Å². The van der Waals surface area contributed by atoms with Crippen molar-refractivity contribution in [2.24, 2.45) is 0 Å². The number of para-hydroxylation sites is 1. The van der Waals surface area contributed by atoms with E-state index in [0.29, 0.717) is 42.9 Å². The number of fused-ring (bicyclic) bond motifs is 1. The average molecular weight is 581 g/mol. The number of carbonyl (C=O) groups is 1. The third kappa shape index (κ3) is 5.88. The number of pyridine rings is 1. The number of halogens is 1. The fourth-order valence-corrected chi connectivity index (χ4v) is 6.62. The highest BCUT2D eigenvalue weighted by Gasteiger charge is 2.32. The maximum Gasteiger partial charge on any atom is 0.264 e. The smallest absolute Gasteiger partial charge is 0.264 e. The number of sulfonamides is 1. The Balaban J connectivity index is 1.20. The van der Waals surface area contributed by atoms with E-state index in [1.807, 2.05) is 47.4 Å². The lowest BCUT2D eigenvalue weighted by atomic mass is 10.0. The van der Waals surface area contributed by atoms with Gasteiger partial charge in [0.15, 0.2) is 0 Å². The molecular weight excluding hydrogens is 551 g/mol. The van der Waals surface area contributed by atoms with Gasteiger partial charge >= 0.3 is 0 Å². The van der Waals surface area contributed by atoms with Crippen molar-refractivity contribution in [3.8, 4) is 0 Å². The Morgan fingerprint density at radius 2 is 1.60 bits per heavy atom. The highest BCUT2D eigenvalue weighted by molar-refractivity contribution is 7.93. The molecule has 0 bridgehead atoms. The van der Waals surface area contributed by atoms with Gasteiger partial charge in [-0.2, -0.15) is 0 Å². The lowest BCUT2D eigenvalue weighted by molar-refractivity contribution is 0.0434. The molecule has 1 fully saturated rings. The normalized spacial score (nSPS) is 15.9. The fraction of sp³-hybridized carbons (Fsp3) is 0.152. The van der Waals surface area contributed by atoms with Gasteiger partial charge in [0.25, 0.3) is 15.9 Å². The SMILES string of the molecule is O=C(c1ccc(NS(=O)(=O)c2cccc3cccnc23)cc1)N1CCN(Cc2ccc(F)cc2)C[C@@H]1c1ccccc1. The second kappa shape index (κ2) is 11.7. The summed E-state index contributed by atoms with van der Waals surface area (Å²) in [5.41, 5.74) is 3.26. The molecule has 0 saturated carbocycles. The molecule has 0 spiro atoms. The second-order valence-corrected chi connectivity index (χ2v) is 12.0. The van der Waals surface area contributed by atoms with E-state index < -0.39 is 10.0 Å². The van der Waals surface area contributed by atoms with Crippen molar-refractivity contribution >= 4 is 32.5 Å². The monoisotopic (exact) mass is 580 g/mol. The number of hydrogen-bond acceptors (Lipinski definition) is 5. The van der Waals surface area contributed by atoms with Crippen molar-refractivity contribution in [1.82, 2.24) is 14.8 Å². The Morgan fingerprint density at radius 1 is 0.857 bits per heavy atom. The number of carbonyl (C=O) groups excluding carboxylic acids is 1. The Kier molecular flexibility index (Phi) is 7.69. The molecule has 1 aromatic heterocycles. The molecule has 1 N–H and O–H groups in total. The van der Waals surface area contributed by atoms with E-state index >= 15 is 0 Å². The molecule has 7 nitrogen and oxygen atoms in total. The molecule has 42 heavy (non-hydrogen) atoms. The number of nitrogens with zero attached hydrogens (tertiary/aromatic N) is 3. The van der Waals surface area contributed by atoms with E-state index in [1.165, 1.54) is 18.2 Å². The first-order valence-corrected chi connectivity index (χ1v) is 15.1. The van der Waals surface area contributed by atoms with Crippen molar-refractivity contribution in [3.05, 3.63) is 138 Å². The summed E-state index contributed by atoms with van der Waals surface area (Å²) in [6, 6.07) is 31.3. The molecule has 6 rings (SSSR count). The van der Waals surface area contributed by atoms with Crippen molar-refractivity contribution in [1.29, 1.82) is 0 Å². The summed E-state index contributed by atoms with van der Waals surface area (Å²) in [7, 11) is -3.91. The van der Waals surface area contributed by atoms with Crippen LogP contribution in [-0.2, 0) is 16.6 Å². The first-order chi connectivity index (χ1) is 20.4. The zero-order valence-electron chi connectivity index (χ0n) is 22.7. The largest absolute Gasteiger partial charge is 0.329 e. The van der Waals surface area contributed by atoms with Gasteiger partial charge in [-0.05, 0) is 59.7 Å². The summed E-state index contributed by atoms with van der Waals surface area (Å²) in [5, 5.41) is 0.729. The fourth-order valence-electron chi connectivity index (χ4n) is 5.38. The average Bonchev–Trinajstić information content (AvgIpc) is 3.02. The quantitative estimate of drug-likeness (QED) is 0.260. The van der Waals surface area contributed by atoms with E-state index in [9.17, 15) is 17.6 Å². The first-order valence-electron chi connectivity index (χ1n) is 13.7. The predicted molar refractivity (Wildman–Crippen MR) is 161 cm³/mol. The molecular formula is C33H29FN4O3S. The zero-order valence-corrected chi connectivity index (χ0v) is 23.5. The van der Waals surface area contributed by atoms with E-state index in [2.05, 4.69) is 14.6 Å². The van der Waals surface area contributed by atoms with E-state index in [1.54, 1.807) is 54.7 Å². The third-order valence-electron chi connectivity index (χ3n) is 7.50. The van der Waals surface area contributed by atoms with Gasteiger partial charge in [0.1, 0.15) is 10.7 Å².